The van der Waals surface area contributed by atoms with E-state index in [0.717, 1.165) is 5.56 Å². The molecule has 0 radical (unpaired) electrons. The zero-order valence-electron chi connectivity index (χ0n) is 8.43. The molecule has 0 saturated carbocycles. The zero-order chi connectivity index (χ0) is 11.1. The minimum Gasteiger partial charge on any atom is -0.395 e. The molecule has 1 heterocycles. The summed E-state index contributed by atoms with van der Waals surface area (Å²) in [5.74, 6) is 0. The van der Waals surface area contributed by atoms with E-state index in [2.05, 4.69) is 4.98 Å². The summed E-state index contributed by atoms with van der Waals surface area (Å²) in [4.78, 5) is 5.89. The standard InChI is InChI=1S/C10H15ClN2O2/c11-10-9(2-1-3-12-10)8-13(4-6-14)5-7-15/h1-3,14-15H,4-8H2. The number of pyridine rings is 1. The third-order valence-corrected chi connectivity index (χ3v) is 2.40. The molecule has 15 heavy (non-hydrogen) atoms. The Morgan fingerprint density at radius 1 is 1.27 bits per heavy atom. The van der Waals surface area contributed by atoms with E-state index in [-0.39, 0.29) is 13.2 Å². The lowest BCUT2D eigenvalue weighted by molar-refractivity contribution is 0.156. The first-order chi connectivity index (χ1) is 7.27. The number of aliphatic hydroxyl groups excluding tert-OH is 2. The fourth-order valence-corrected chi connectivity index (χ4v) is 1.51. The van der Waals surface area contributed by atoms with Gasteiger partial charge in [-0.15, -0.1) is 0 Å². The van der Waals surface area contributed by atoms with Crippen LogP contribution in [-0.4, -0.2) is 46.4 Å². The van der Waals surface area contributed by atoms with Crippen LogP contribution in [-0.2, 0) is 6.54 Å². The van der Waals surface area contributed by atoms with E-state index in [9.17, 15) is 0 Å². The van der Waals surface area contributed by atoms with E-state index in [1.165, 1.54) is 0 Å². The van der Waals surface area contributed by atoms with Crippen molar-refractivity contribution in [3.05, 3.63) is 29.0 Å². The third-order valence-electron chi connectivity index (χ3n) is 2.06. The van der Waals surface area contributed by atoms with E-state index >= 15 is 0 Å². The molecular formula is C10H15ClN2O2. The second-order valence-corrected chi connectivity index (χ2v) is 3.53. The molecular weight excluding hydrogens is 216 g/mol. The Kier molecular flexibility index (Phi) is 5.57. The Hall–Kier alpha value is -0.680. The van der Waals surface area contributed by atoms with Crippen molar-refractivity contribution in [1.82, 2.24) is 9.88 Å². The minimum absolute atomic E-state index is 0.0673. The molecule has 0 unspecified atom stereocenters. The lowest BCUT2D eigenvalue weighted by Crippen LogP contribution is -2.29. The summed E-state index contributed by atoms with van der Waals surface area (Å²) in [7, 11) is 0. The van der Waals surface area contributed by atoms with Crippen LogP contribution in [0.1, 0.15) is 5.56 Å². The molecule has 1 aromatic rings. The number of aliphatic hydroxyl groups is 2. The molecule has 0 amide bonds. The molecule has 0 bridgehead atoms. The van der Waals surface area contributed by atoms with Crippen LogP contribution in [0.15, 0.2) is 18.3 Å². The number of halogens is 1. The van der Waals surface area contributed by atoms with Crippen LogP contribution in [0.25, 0.3) is 0 Å². The normalized spacial score (nSPS) is 10.9. The second kappa shape index (κ2) is 6.74. The van der Waals surface area contributed by atoms with Gasteiger partial charge in [0.1, 0.15) is 5.15 Å². The van der Waals surface area contributed by atoms with Crippen LogP contribution in [0, 0.1) is 0 Å². The van der Waals surface area contributed by atoms with Crippen molar-refractivity contribution in [3.63, 3.8) is 0 Å². The number of hydrogen-bond acceptors (Lipinski definition) is 4. The Morgan fingerprint density at radius 2 is 1.93 bits per heavy atom. The number of rotatable bonds is 6. The van der Waals surface area contributed by atoms with E-state index < -0.39 is 0 Å². The molecule has 0 spiro atoms. The highest BCUT2D eigenvalue weighted by molar-refractivity contribution is 6.30. The van der Waals surface area contributed by atoms with Gasteiger partial charge in [-0.25, -0.2) is 4.98 Å². The summed E-state index contributed by atoms with van der Waals surface area (Å²) >= 11 is 5.91. The molecule has 0 saturated heterocycles. The second-order valence-electron chi connectivity index (χ2n) is 3.18. The Labute approximate surface area is 94.1 Å². The molecule has 1 rings (SSSR count). The van der Waals surface area contributed by atoms with Gasteiger partial charge in [0.25, 0.3) is 0 Å². The van der Waals surface area contributed by atoms with Crippen molar-refractivity contribution in [1.29, 1.82) is 0 Å². The van der Waals surface area contributed by atoms with Gasteiger partial charge in [-0.2, -0.15) is 0 Å². The lowest BCUT2D eigenvalue weighted by Gasteiger charge is -2.20. The van der Waals surface area contributed by atoms with Crippen LogP contribution >= 0.6 is 11.6 Å². The Balaban J connectivity index is 2.60. The lowest BCUT2D eigenvalue weighted by atomic mass is 10.2. The van der Waals surface area contributed by atoms with Gasteiger partial charge < -0.3 is 10.2 Å². The predicted molar refractivity (Wildman–Crippen MR) is 58.7 cm³/mol. The largest absolute Gasteiger partial charge is 0.395 e. The summed E-state index contributed by atoms with van der Waals surface area (Å²) in [6, 6.07) is 3.70. The van der Waals surface area contributed by atoms with Crippen LogP contribution < -0.4 is 0 Å². The molecule has 5 heteroatoms. The number of hydrogen-bond donors (Lipinski definition) is 2. The molecule has 4 nitrogen and oxygen atoms in total. The first-order valence-corrected chi connectivity index (χ1v) is 5.19. The number of aromatic nitrogens is 1. The molecule has 0 aliphatic rings. The predicted octanol–water partition coefficient (Wildman–Crippen LogP) is 0.522. The Bertz CT molecular complexity index is 291. The smallest absolute Gasteiger partial charge is 0.133 e. The number of nitrogens with zero attached hydrogens (tertiary/aromatic N) is 2. The van der Waals surface area contributed by atoms with E-state index in [1.54, 1.807) is 6.20 Å². The van der Waals surface area contributed by atoms with Crippen molar-refractivity contribution < 1.29 is 10.2 Å². The van der Waals surface area contributed by atoms with E-state index in [1.807, 2.05) is 17.0 Å². The summed E-state index contributed by atoms with van der Waals surface area (Å²) in [6.45, 7) is 1.77. The molecule has 0 aromatic carbocycles. The molecule has 2 N–H and O–H groups in total. The highest BCUT2D eigenvalue weighted by atomic mass is 35.5. The van der Waals surface area contributed by atoms with Crippen molar-refractivity contribution in [3.8, 4) is 0 Å². The average molecular weight is 231 g/mol. The fraction of sp³-hybridized carbons (Fsp3) is 0.500. The highest BCUT2D eigenvalue weighted by Gasteiger charge is 2.07. The maximum absolute atomic E-state index is 8.84. The SMILES string of the molecule is OCCN(CCO)Cc1cccnc1Cl. The van der Waals surface area contributed by atoms with Crippen LogP contribution in [0.4, 0.5) is 0 Å². The molecule has 84 valence electrons. The maximum atomic E-state index is 8.84. The van der Waals surface area contributed by atoms with Gasteiger partial charge in [0.05, 0.1) is 13.2 Å². The summed E-state index contributed by atoms with van der Waals surface area (Å²) in [5, 5.41) is 18.1. The van der Waals surface area contributed by atoms with Crippen LogP contribution in [0.2, 0.25) is 5.15 Å². The fourth-order valence-electron chi connectivity index (χ4n) is 1.33. The summed E-state index contributed by atoms with van der Waals surface area (Å²) < 4.78 is 0. The van der Waals surface area contributed by atoms with Crippen LogP contribution in [0.3, 0.4) is 0 Å². The quantitative estimate of drug-likeness (QED) is 0.700. The van der Waals surface area contributed by atoms with Crippen molar-refractivity contribution in [2.45, 2.75) is 6.54 Å². The average Bonchev–Trinajstić information content (AvgIpc) is 2.22. The van der Waals surface area contributed by atoms with Gasteiger partial charge in [0.2, 0.25) is 0 Å². The van der Waals surface area contributed by atoms with Gasteiger partial charge in [0, 0.05) is 31.4 Å². The van der Waals surface area contributed by atoms with E-state index in [4.69, 9.17) is 21.8 Å². The van der Waals surface area contributed by atoms with Crippen molar-refractivity contribution >= 4 is 11.6 Å². The molecule has 1 aromatic heterocycles. The highest BCUT2D eigenvalue weighted by Crippen LogP contribution is 2.13. The van der Waals surface area contributed by atoms with Crippen LogP contribution in [0.5, 0.6) is 0 Å². The summed E-state index contributed by atoms with van der Waals surface area (Å²) in [5.41, 5.74) is 0.904. The molecule has 0 atom stereocenters. The Morgan fingerprint density at radius 3 is 2.47 bits per heavy atom. The minimum atomic E-state index is 0.0673. The van der Waals surface area contributed by atoms with E-state index in [0.29, 0.717) is 24.8 Å². The van der Waals surface area contributed by atoms with Gasteiger partial charge in [-0.1, -0.05) is 17.7 Å². The molecule has 0 aliphatic heterocycles. The van der Waals surface area contributed by atoms with Crippen molar-refractivity contribution in [2.75, 3.05) is 26.3 Å². The topological polar surface area (TPSA) is 56.6 Å². The van der Waals surface area contributed by atoms with Crippen molar-refractivity contribution in [2.24, 2.45) is 0 Å². The third kappa shape index (κ3) is 4.13. The van der Waals surface area contributed by atoms with Gasteiger partial charge in [0.15, 0.2) is 0 Å². The maximum Gasteiger partial charge on any atom is 0.133 e. The molecule has 0 aliphatic carbocycles. The first-order valence-electron chi connectivity index (χ1n) is 4.81. The van der Waals surface area contributed by atoms with Gasteiger partial charge >= 0.3 is 0 Å². The molecule has 0 fully saturated rings. The van der Waals surface area contributed by atoms with Gasteiger partial charge in [-0.3, -0.25) is 4.90 Å². The zero-order valence-corrected chi connectivity index (χ0v) is 9.19. The van der Waals surface area contributed by atoms with Gasteiger partial charge in [-0.05, 0) is 6.07 Å². The summed E-state index contributed by atoms with van der Waals surface area (Å²) in [6.07, 6.45) is 1.63. The first kappa shape index (κ1) is 12.4. The monoisotopic (exact) mass is 230 g/mol.